The summed E-state index contributed by atoms with van der Waals surface area (Å²) in [6.07, 6.45) is -0.348. The lowest BCUT2D eigenvalue weighted by Crippen LogP contribution is -2.18. The van der Waals surface area contributed by atoms with Gasteiger partial charge in [0, 0.05) is 6.54 Å². The van der Waals surface area contributed by atoms with Crippen molar-refractivity contribution in [3.05, 3.63) is 64.4 Å². The highest BCUT2D eigenvalue weighted by Crippen LogP contribution is 2.28. The minimum Gasteiger partial charge on any atom is -0.483 e. The molecule has 2 aromatic carbocycles. The molecule has 2 aromatic rings. The van der Waals surface area contributed by atoms with E-state index in [2.05, 4.69) is 0 Å². The maximum Gasteiger partial charge on any atom is 0.138 e. The first kappa shape index (κ1) is 13.8. The molecule has 0 aliphatic rings. The predicted molar refractivity (Wildman–Crippen MR) is 75.0 cm³/mol. The van der Waals surface area contributed by atoms with Crippen molar-refractivity contribution in [2.24, 2.45) is 5.73 Å². The summed E-state index contributed by atoms with van der Waals surface area (Å²) in [7, 11) is 0. The number of nitrogens with two attached hydrogens (primary N) is 1. The number of para-hydroxylation sites is 1. The standard InChI is InChI=1S/C15H15ClFNO/c1-10-8-11(6-7-13(10)17)15(9-18)19-14-5-3-2-4-12(14)16/h2-8,15H,9,18H2,1H3. The van der Waals surface area contributed by atoms with Crippen LogP contribution >= 0.6 is 11.6 Å². The van der Waals surface area contributed by atoms with E-state index in [1.807, 2.05) is 12.1 Å². The fourth-order valence-corrected chi connectivity index (χ4v) is 1.99. The van der Waals surface area contributed by atoms with Crippen LogP contribution in [-0.2, 0) is 0 Å². The van der Waals surface area contributed by atoms with Crippen LogP contribution in [-0.4, -0.2) is 6.54 Å². The molecule has 0 radical (unpaired) electrons. The Balaban J connectivity index is 2.25. The average molecular weight is 280 g/mol. The van der Waals surface area contributed by atoms with E-state index in [9.17, 15) is 4.39 Å². The quantitative estimate of drug-likeness (QED) is 0.922. The van der Waals surface area contributed by atoms with E-state index in [0.717, 1.165) is 5.56 Å². The van der Waals surface area contributed by atoms with Crippen molar-refractivity contribution in [1.29, 1.82) is 0 Å². The summed E-state index contributed by atoms with van der Waals surface area (Å²) in [6.45, 7) is 2.00. The van der Waals surface area contributed by atoms with E-state index in [1.54, 1.807) is 31.2 Å². The molecule has 4 heteroatoms. The minimum atomic E-state index is -0.348. The van der Waals surface area contributed by atoms with Crippen molar-refractivity contribution in [3.8, 4) is 5.75 Å². The Morgan fingerprint density at radius 2 is 2.00 bits per heavy atom. The number of hydrogen-bond donors (Lipinski definition) is 1. The summed E-state index contributed by atoms with van der Waals surface area (Å²) < 4.78 is 19.1. The summed E-state index contributed by atoms with van der Waals surface area (Å²) >= 11 is 6.04. The Hall–Kier alpha value is -1.58. The van der Waals surface area contributed by atoms with Crippen LogP contribution in [0.15, 0.2) is 42.5 Å². The van der Waals surface area contributed by atoms with Crippen molar-refractivity contribution < 1.29 is 9.13 Å². The lowest BCUT2D eigenvalue weighted by molar-refractivity contribution is 0.214. The molecule has 0 bridgehead atoms. The van der Waals surface area contributed by atoms with E-state index < -0.39 is 0 Å². The minimum absolute atomic E-state index is 0.239. The van der Waals surface area contributed by atoms with Gasteiger partial charge in [-0.15, -0.1) is 0 Å². The molecule has 2 rings (SSSR count). The Bertz CT molecular complexity index is 574. The molecule has 0 heterocycles. The molecule has 0 fully saturated rings. The van der Waals surface area contributed by atoms with Gasteiger partial charge in [0.25, 0.3) is 0 Å². The van der Waals surface area contributed by atoms with Crippen molar-refractivity contribution >= 4 is 11.6 Å². The first-order chi connectivity index (χ1) is 9.11. The zero-order chi connectivity index (χ0) is 13.8. The monoisotopic (exact) mass is 279 g/mol. The SMILES string of the molecule is Cc1cc(C(CN)Oc2ccccc2Cl)ccc1F. The van der Waals surface area contributed by atoms with Crippen LogP contribution in [0.4, 0.5) is 4.39 Å². The summed E-state index contributed by atoms with van der Waals surface area (Å²) in [4.78, 5) is 0. The van der Waals surface area contributed by atoms with Crippen LogP contribution in [0.25, 0.3) is 0 Å². The van der Waals surface area contributed by atoms with Crippen molar-refractivity contribution in [3.63, 3.8) is 0 Å². The van der Waals surface area contributed by atoms with E-state index in [1.165, 1.54) is 6.07 Å². The molecule has 1 atom stereocenters. The van der Waals surface area contributed by atoms with Gasteiger partial charge in [0.2, 0.25) is 0 Å². The smallest absolute Gasteiger partial charge is 0.138 e. The van der Waals surface area contributed by atoms with E-state index in [0.29, 0.717) is 16.3 Å². The van der Waals surface area contributed by atoms with Crippen molar-refractivity contribution in [2.75, 3.05) is 6.54 Å². The maximum absolute atomic E-state index is 13.3. The third-order valence-electron chi connectivity index (χ3n) is 2.87. The lowest BCUT2D eigenvalue weighted by atomic mass is 10.1. The zero-order valence-electron chi connectivity index (χ0n) is 10.6. The fraction of sp³-hybridized carbons (Fsp3) is 0.200. The highest BCUT2D eigenvalue weighted by molar-refractivity contribution is 6.32. The molecular weight excluding hydrogens is 265 g/mol. The second-order valence-electron chi connectivity index (χ2n) is 4.28. The van der Waals surface area contributed by atoms with E-state index >= 15 is 0 Å². The second-order valence-corrected chi connectivity index (χ2v) is 4.69. The van der Waals surface area contributed by atoms with Crippen molar-refractivity contribution in [2.45, 2.75) is 13.0 Å². The van der Waals surface area contributed by atoms with Gasteiger partial charge < -0.3 is 10.5 Å². The van der Waals surface area contributed by atoms with E-state index in [4.69, 9.17) is 22.1 Å². The van der Waals surface area contributed by atoms with Crippen LogP contribution in [0, 0.1) is 12.7 Å². The third-order valence-corrected chi connectivity index (χ3v) is 3.19. The van der Waals surface area contributed by atoms with Crippen LogP contribution in [0.3, 0.4) is 0 Å². The molecule has 0 saturated heterocycles. The molecule has 0 spiro atoms. The van der Waals surface area contributed by atoms with Gasteiger partial charge in [-0.1, -0.05) is 29.8 Å². The Morgan fingerprint density at radius 3 is 2.63 bits per heavy atom. The summed E-state index contributed by atoms with van der Waals surface area (Å²) in [6, 6.07) is 12.0. The lowest BCUT2D eigenvalue weighted by Gasteiger charge is -2.19. The molecule has 0 aromatic heterocycles. The fourth-order valence-electron chi connectivity index (χ4n) is 1.81. The van der Waals surface area contributed by atoms with Crippen LogP contribution < -0.4 is 10.5 Å². The topological polar surface area (TPSA) is 35.2 Å². The molecule has 0 aliphatic carbocycles. The molecule has 0 saturated carbocycles. The van der Waals surface area contributed by atoms with Gasteiger partial charge in [0.05, 0.1) is 5.02 Å². The van der Waals surface area contributed by atoms with Gasteiger partial charge in [-0.3, -0.25) is 0 Å². The summed E-state index contributed by atoms with van der Waals surface area (Å²) in [5.41, 5.74) is 7.13. The van der Waals surface area contributed by atoms with Gasteiger partial charge in [-0.2, -0.15) is 0 Å². The summed E-state index contributed by atoms with van der Waals surface area (Å²) in [5.74, 6) is 0.332. The Labute approximate surface area is 117 Å². The van der Waals surface area contributed by atoms with Gasteiger partial charge >= 0.3 is 0 Å². The first-order valence-electron chi connectivity index (χ1n) is 5.99. The third kappa shape index (κ3) is 3.25. The largest absolute Gasteiger partial charge is 0.483 e. The number of benzene rings is 2. The second kappa shape index (κ2) is 6.04. The number of hydrogen-bond acceptors (Lipinski definition) is 2. The number of aryl methyl sites for hydroxylation is 1. The van der Waals surface area contributed by atoms with E-state index in [-0.39, 0.29) is 18.5 Å². The normalized spacial score (nSPS) is 12.2. The first-order valence-corrected chi connectivity index (χ1v) is 6.37. The van der Waals surface area contributed by atoms with Gasteiger partial charge in [-0.05, 0) is 42.3 Å². The Kier molecular flexibility index (Phi) is 4.40. The predicted octanol–water partition coefficient (Wildman–Crippen LogP) is 3.87. The van der Waals surface area contributed by atoms with Gasteiger partial charge in [0.15, 0.2) is 0 Å². The highest BCUT2D eigenvalue weighted by atomic mass is 35.5. The maximum atomic E-state index is 13.3. The molecule has 1 unspecified atom stereocenters. The molecule has 2 N–H and O–H groups in total. The Morgan fingerprint density at radius 1 is 1.26 bits per heavy atom. The molecule has 0 amide bonds. The van der Waals surface area contributed by atoms with Crippen LogP contribution in [0.1, 0.15) is 17.2 Å². The number of halogens is 2. The highest BCUT2D eigenvalue weighted by Gasteiger charge is 2.14. The molecule has 0 aliphatic heterocycles. The average Bonchev–Trinajstić information content (AvgIpc) is 2.41. The summed E-state index contributed by atoms with van der Waals surface area (Å²) in [5, 5.41) is 0.528. The van der Waals surface area contributed by atoms with Crippen LogP contribution in [0.2, 0.25) is 5.02 Å². The van der Waals surface area contributed by atoms with Gasteiger partial charge in [-0.25, -0.2) is 4.39 Å². The van der Waals surface area contributed by atoms with Crippen molar-refractivity contribution in [1.82, 2.24) is 0 Å². The number of ether oxygens (including phenoxy) is 1. The zero-order valence-corrected chi connectivity index (χ0v) is 11.3. The van der Waals surface area contributed by atoms with Crippen LogP contribution in [0.5, 0.6) is 5.75 Å². The van der Waals surface area contributed by atoms with Gasteiger partial charge in [0.1, 0.15) is 17.7 Å². The molecule has 100 valence electrons. The number of rotatable bonds is 4. The molecular formula is C15H15ClFNO. The molecule has 2 nitrogen and oxygen atoms in total. The molecule has 19 heavy (non-hydrogen) atoms.